The molecule has 0 fully saturated rings. The summed E-state index contributed by atoms with van der Waals surface area (Å²) in [6.07, 6.45) is 1.53. The average Bonchev–Trinajstić information content (AvgIpc) is 2.07. The second-order valence-corrected chi connectivity index (χ2v) is 2.36. The van der Waals surface area contributed by atoms with Crippen LogP contribution >= 0.6 is 0 Å². The van der Waals surface area contributed by atoms with Gasteiger partial charge in [0.25, 0.3) is 0 Å². The first-order valence-electron chi connectivity index (χ1n) is 3.68. The quantitative estimate of drug-likeness (QED) is 0.603. The molecular weight excluding hydrogens is 152 g/mol. The molecule has 0 spiro atoms. The molecule has 1 rings (SSSR count). The van der Waals surface area contributed by atoms with Crippen LogP contribution < -0.4 is 5.11 Å². The maximum atomic E-state index is 10.6. The Morgan fingerprint density at radius 1 is 1.33 bits per heavy atom. The summed E-state index contributed by atoms with van der Waals surface area (Å²) in [6, 6.07) is 8.91. The van der Waals surface area contributed by atoms with Gasteiger partial charge in [-0.3, -0.25) is 0 Å². The summed E-state index contributed by atoms with van der Waals surface area (Å²) in [5.74, 6) is -1.14. The van der Waals surface area contributed by atoms with Gasteiger partial charge in [-0.25, -0.2) is 0 Å². The third-order valence-corrected chi connectivity index (χ3v) is 1.59. The second-order valence-electron chi connectivity index (χ2n) is 2.36. The number of benzene rings is 1. The molecule has 0 aromatic heterocycles. The summed E-state index contributed by atoms with van der Waals surface area (Å²) in [5.41, 5.74) is 0.913. The van der Waals surface area contributed by atoms with Gasteiger partial charge in [0.15, 0.2) is 0 Å². The van der Waals surface area contributed by atoms with Crippen LogP contribution in [0.15, 0.2) is 36.4 Å². The Balaban J connectivity index is 3.05. The highest BCUT2D eigenvalue weighted by atomic mass is 16.4. The molecule has 0 unspecified atom stereocenters. The van der Waals surface area contributed by atoms with Crippen LogP contribution in [0.3, 0.4) is 0 Å². The topological polar surface area (TPSA) is 40.1 Å². The summed E-state index contributed by atoms with van der Waals surface area (Å²) < 4.78 is 0. The van der Waals surface area contributed by atoms with Crippen molar-refractivity contribution in [3.05, 3.63) is 42.0 Å². The van der Waals surface area contributed by atoms with Crippen LogP contribution in [0.4, 0.5) is 0 Å². The third-order valence-electron chi connectivity index (χ3n) is 1.59. The lowest BCUT2D eigenvalue weighted by Crippen LogP contribution is -2.23. The third kappa shape index (κ3) is 1.72. The largest absolute Gasteiger partial charge is 0.545 e. The maximum Gasteiger partial charge on any atom is 0.0718 e. The van der Waals surface area contributed by atoms with Gasteiger partial charge >= 0.3 is 0 Å². The molecule has 0 N–H and O–H groups in total. The standard InChI is InChI=1S/C10H10O2/c1-2-9(10(11)12)8-6-4-3-5-7-8/h2-7H,1H3,(H,11,12)/p-1/b9-2+. The number of carboxylic acid groups (broad SMARTS) is 1. The Morgan fingerprint density at radius 3 is 2.33 bits per heavy atom. The lowest BCUT2D eigenvalue weighted by molar-refractivity contribution is -0.295. The van der Waals surface area contributed by atoms with Gasteiger partial charge in [0.1, 0.15) is 0 Å². The molecule has 1 aromatic carbocycles. The van der Waals surface area contributed by atoms with Crippen LogP contribution in [0.2, 0.25) is 0 Å². The zero-order chi connectivity index (χ0) is 8.97. The summed E-state index contributed by atoms with van der Waals surface area (Å²) in [5, 5.41) is 10.6. The Bertz CT molecular complexity index is 299. The van der Waals surface area contributed by atoms with Gasteiger partial charge in [0.05, 0.1) is 5.97 Å². The Labute approximate surface area is 71.2 Å². The molecular formula is C10H9O2-. The lowest BCUT2D eigenvalue weighted by atomic mass is 10.1. The second kappa shape index (κ2) is 3.72. The smallest absolute Gasteiger partial charge is 0.0718 e. The van der Waals surface area contributed by atoms with E-state index in [0.717, 1.165) is 0 Å². The molecule has 1 aromatic rings. The molecule has 0 saturated heterocycles. The van der Waals surface area contributed by atoms with Crippen LogP contribution in [0.1, 0.15) is 12.5 Å². The zero-order valence-corrected chi connectivity index (χ0v) is 6.78. The van der Waals surface area contributed by atoms with Gasteiger partial charge in [0, 0.05) is 5.57 Å². The first-order chi connectivity index (χ1) is 5.75. The van der Waals surface area contributed by atoms with Crippen LogP contribution in [0.25, 0.3) is 5.57 Å². The number of aliphatic carboxylic acids is 1. The van der Waals surface area contributed by atoms with Crippen LogP contribution in [-0.2, 0) is 4.79 Å². The van der Waals surface area contributed by atoms with Crippen molar-refractivity contribution < 1.29 is 9.90 Å². The molecule has 12 heavy (non-hydrogen) atoms. The predicted molar refractivity (Wildman–Crippen MR) is 45.1 cm³/mol. The average molecular weight is 161 g/mol. The molecule has 0 bridgehead atoms. The van der Waals surface area contributed by atoms with Gasteiger partial charge in [-0.15, -0.1) is 0 Å². The minimum atomic E-state index is -1.14. The van der Waals surface area contributed by atoms with E-state index in [-0.39, 0.29) is 5.57 Å². The molecule has 0 heterocycles. The van der Waals surface area contributed by atoms with Crippen LogP contribution in [-0.4, -0.2) is 5.97 Å². The SMILES string of the molecule is C/C=C(/C(=O)[O-])c1ccccc1. The van der Waals surface area contributed by atoms with Gasteiger partial charge in [0.2, 0.25) is 0 Å². The van der Waals surface area contributed by atoms with E-state index in [0.29, 0.717) is 5.56 Å². The molecule has 0 atom stereocenters. The highest BCUT2D eigenvalue weighted by Gasteiger charge is 1.98. The van der Waals surface area contributed by atoms with Crippen molar-refractivity contribution >= 4 is 11.5 Å². The fourth-order valence-electron chi connectivity index (χ4n) is 1.02. The molecule has 0 amide bonds. The van der Waals surface area contributed by atoms with E-state index < -0.39 is 5.97 Å². The van der Waals surface area contributed by atoms with Crippen LogP contribution in [0, 0.1) is 0 Å². The number of carbonyl (C=O) groups excluding carboxylic acids is 1. The number of carbonyl (C=O) groups is 1. The fraction of sp³-hybridized carbons (Fsp3) is 0.100. The van der Waals surface area contributed by atoms with Crippen molar-refractivity contribution in [2.45, 2.75) is 6.92 Å². The number of allylic oxidation sites excluding steroid dienone is 1. The number of hydrogen-bond donors (Lipinski definition) is 0. The molecule has 2 heteroatoms. The molecule has 0 aliphatic carbocycles. The Kier molecular flexibility index (Phi) is 2.64. The molecule has 0 aliphatic rings. The van der Waals surface area contributed by atoms with Gasteiger partial charge in [-0.1, -0.05) is 36.4 Å². The molecule has 0 radical (unpaired) electrons. The minimum absolute atomic E-state index is 0.232. The van der Waals surface area contributed by atoms with Crippen molar-refractivity contribution in [2.24, 2.45) is 0 Å². The van der Waals surface area contributed by atoms with E-state index in [1.165, 1.54) is 6.08 Å². The van der Waals surface area contributed by atoms with Gasteiger partial charge in [-0.2, -0.15) is 0 Å². The normalized spacial score (nSPS) is 11.2. The molecule has 0 saturated carbocycles. The monoisotopic (exact) mass is 161 g/mol. The maximum absolute atomic E-state index is 10.6. The van der Waals surface area contributed by atoms with E-state index >= 15 is 0 Å². The zero-order valence-electron chi connectivity index (χ0n) is 6.78. The highest BCUT2D eigenvalue weighted by Crippen LogP contribution is 2.11. The van der Waals surface area contributed by atoms with Crippen molar-refractivity contribution in [3.63, 3.8) is 0 Å². The number of hydrogen-bond acceptors (Lipinski definition) is 2. The highest BCUT2D eigenvalue weighted by molar-refractivity contribution is 6.13. The summed E-state index contributed by atoms with van der Waals surface area (Å²) >= 11 is 0. The number of carboxylic acids is 1. The molecule has 62 valence electrons. The van der Waals surface area contributed by atoms with E-state index in [1.807, 2.05) is 6.07 Å². The van der Waals surface area contributed by atoms with E-state index in [4.69, 9.17) is 0 Å². The summed E-state index contributed by atoms with van der Waals surface area (Å²) in [7, 11) is 0. The van der Waals surface area contributed by atoms with E-state index in [1.54, 1.807) is 31.2 Å². The molecule has 0 aliphatic heterocycles. The fourth-order valence-corrected chi connectivity index (χ4v) is 1.02. The molecule has 2 nitrogen and oxygen atoms in total. The van der Waals surface area contributed by atoms with Crippen molar-refractivity contribution in [1.29, 1.82) is 0 Å². The number of rotatable bonds is 2. The van der Waals surface area contributed by atoms with Crippen molar-refractivity contribution in [3.8, 4) is 0 Å². The van der Waals surface area contributed by atoms with E-state index in [9.17, 15) is 9.90 Å². The van der Waals surface area contributed by atoms with Crippen molar-refractivity contribution in [1.82, 2.24) is 0 Å². The first-order valence-corrected chi connectivity index (χ1v) is 3.68. The Morgan fingerprint density at radius 2 is 1.92 bits per heavy atom. The minimum Gasteiger partial charge on any atom is -0.545 e. The lowest BCUT2D eigenvalue weighted by Gasteiger charge is -2.06. The predicted octanol–water partition coefficient (Wildman–Crippen LogP) is 0.840. The van der Waals surface area contributed by atoms with E-state index in [2.05, 4.69) is 0 Å². The van der Waals surface area contributed by atoms with Gasteiger partial charge < -0.3 is 9.90 Å². The first kappa shape index (κ1) is 8.53. The summed E-state index contributed by atoms with van der Waals surface area (Å²) in [6.45, 7) is 1.68. The van der Waals surface area contributed by atoms with Crippen LogP contribution in [0.5, 0.6) is 0 Å². The Hall–Kier alpha value is -1.57. The van der Waals surface area contributed by atoms with Gasteiger partial charge in [-0.05, 0) is 12.5 Å². The van der Waals surface area contributed by atoms with Crippen molar-refractivity contribution in [2.75, 3.05) is 0 Å². The summed E-state index contributed by atoms with van der Waals surface area (Å²) in [4.78, 5) is 10.6.